The van der Waals surface area contributed by atoms with E-state index in [4.69, 9.17) is 4.52 Å². The minimum Gasteiger partial charge on any atom is -0.355 e. The van der Waals surface area contributed by atoms with Gasteiger partial charge in [0, 0.05) is 30.2 Å². The van der Waals surface area contributed by atoms with Crippen molar-refractivity contribution in [2.24, 2.45) is 0 Å². The number of hydrogen-bond acceptors (Lipinski definition) is 4. The third kappa shape index (κ3) is 4.45. The summed E-state index contributed by atoms with van der Waals surface area (Å²) in [6.45, 7) is 2.36. The maximum atomic E-state index is 12.1. The summed E-state index contributed by atoms with van der Waals surface area (Å²) in [4.78, 5) is 24.3. The minimum absolute atomic E-state index is 0.0794. The maximum absolute atomic E-state index is 12.1. The Morgan fingerprint density at radius 1 is 1.04 bits per heavy atom. The lowest BCUT2D eigenvalue weighted by Crippen LogP contribution is -2.25. The van der Waals surface area contributed by atoms with Gasteiger partial charge < -0.3 is 9.84 Å². The zero-order chi connectivity index (χ0) is 18.4. The quantitative estimate of drug-likeness (QED) is 0.516. The minimum atomic E-state index is -0.307. The van der Waals surface area contributed by atoms with Crippen LogP contribution in [-0.2, 0) is 0 Å². The molecule has 0 aliphatic rings. The molecule has 0 saturated carbocycles. The van der Waals surface area contributed by atoms with E-state index in [9.17, 15) is 9.59 Å². The zero-order valence-corrected chi connectivity index (χ0v) is 14.6. The number of carbonyl (C=O) groups is 2. The molecule has 1 heterocycles. The van der Waals surface area contributed by atoms with Gasteiger partial charge in [-0.05, 0) is 19.4 Å². The molecule has 1 N–H and O–H groups in total. The van der Waals surface area contributed by atoms with Crippen molar-refractivity contribution in [2.45, 2.75) is 19.8 Å². The van der Waals surface area contributed by atoms with Gasteiger partial charge in [-0.15, -0.1) is 0 Å². The van der Waals surface area contributed by atoms with Crippen LogP contribution in [0.15, 0.2) is 65.2 Å². The first-order valence-electron chi connectivity index (χ1n) is 8.54. The van der Waals surface area contributed by atoms with Crippen LogP contribution in [0.25, 0.3) is 11.3 Å². The van der Waals surface area contributed by atoms with Crippen LogP contribution in [-0.4, -0.2) is 23.4 Å². The third-order valence-electron chi connectivity index (χ3n) is 4.01. The van der Waals surface area contributed by atoms with E-state index in [0.29, 0.717) is 30.7 Å². The van der Waals surface area contributed by atoms with Crippen molar-refractivity contribution in [3.63, 3.8) is 0 Å². The summed E-state index contributed by atoms with van der Waals surface area (Å²) in [5.74, 6) is 0.319. The molecule has 0 fully saturated rings. The summed E-state index contributed by atoms with van der Waals surface area (Å²) < 4.78 is 5.22. The average molecular weight is 348 g/mol. The summed E-state index contributed by atoms with van der Waals surface area (Å²) in [6.07, 6.45) is 0.958. The fourth-order valence-electron chi connectivity index (χ4n) is 2.62. The molecule has 26 heavy (non-hydrogen) atoms. The van der Waals surface area contributed by atoms with Crippen LogP contribution < -0.4 is 5.32 Å². The highest BCUT2D eigenvalue weighted by Crippen LogP contribution is 2.19. The lowest BCUT2D eigenvalue weighted by atomic mass is 10.0. The summed E-state index contributed by atoms with van der Waals surface area (Å²) in [5.41, 5.74) is 2.86. The number of aromatic nitrogens is 1. The molecule has 3 rings (SSSR count). The van der Waals surface area contributed by atoms with E-state index in [1.165, 1.54) is 0 Å². The van der Waals surface area contributed by atoms with E-state index in [-0.39, 0.29) is 17.4 Å². The molecule has 0 unspecified atom stereocenters. The number of aryl methyl sites for hydroxylation is 1. The highest BCUT2D eigenvalue weighted by Gasteiger charge is 2.13. The van der Waals surface area contributed by atoms with Crippen molar-refractivity contribution < 1.29 is 14.1 Å². The van der Waals surface area contributed by atoms with Crippen molar-refractivity contribution >= 4 is 11.7 Å². The van der Waals surface area contributed by atoms with Gasteiger partial charge in [-0.3, -0.25) is 9.59 Å². The Balaban J connectivity index is 1.47. The first-order chi connectivity index (χ1) is 12.6. The number of amides is 1. The third-order valence-corrected chi connectivity index (χ3v) is 4.01. The van der Waals surface area contributed by atoms with Crippen molar-refractivity contribution in [3.05, 3.63) is 77.5 Å². The van der Waals surface area contributed by atoms with Crippen molar-refractivity contribution in [3.8, 4) is 11.3 Å². The van der Waals surface area contributed by atoms with E-state index >= 15 is 0 Å². The van der Waals surface area contributed by atoms with Gasteiger partial charge in [0.1, 0.15) is 0 Å². The number of carbonyl (C=O) groups excluding carboxylic acids is 2. The Bertz CT molecular complexity index is 900. The Kier molecular flexibility index (Phi) is 5.59. The van der Waals surface area contributed by atoms with Crippen molar-refractivity contribution in [1.29, 1.82) is 0 Å². The molecule has 0 atom stereocenters. The first-order valence-corrected chi connectivity index (χ1v) is 8.54. The fourth-order valence-corrected chi connectivity index (χ4v) is 2.62. The number of rotatable bonds is 7. The molecule has 3 aromatic rings. The molecule has 5 nitrogen and oxygen atoms in total. The maximum Gasteiger partial charge on any atom is 0.273 e. The average Bonchev–Trinajstić information content (AvgIpc) is 3.16. The largest absolute Gasteiger partial charge is 0.355 e. The van der Waals surface area contributed by atoms with E-state index in [1.54, 1.807) is 6.07 Å². The Morgan fingerprint density at radius 3 is 2.62 bits per heavy atom. The summed E-state index contributed by atoms with van der Waals surface area (Å²) >= 11 is 0. The molecule has 0 aliphatic carbocycles. The molecule has 0 spiro atoms. The normalized spacial score (nSPS) is 10.5. The standard InChI is InChI=1S/C21H20N2O3/c1-15-7-5-10-17(13-15)19(24)11-6-12-22-21(25)18-14-20(26-23-18)16-8-3-2-4-9-16/h2-5,7-10,13-14H,6,11-12H2,1H3,(H,22,25). The predicted molar refractivity (Wildman–Crippen MR) is 99.0 cm³/mol. The number of Topliss-reactive ketones (excluding diaryl/α,β-unsaturated/α-hetero) is 1. The van der Waals surface area contributed by atoms with Gasteiger partial charge >= 0.3 is 0 Å². The number of benzene rings is 2. The second-order valence-corrected chi connectivity index (χ2v) is 6.09. The molecule has 1 amide bonds. The van der Waals surface area contributed by atoms with E-state index in [2.05, 4.69) is 10.5 Å². The Labute approximate surface area is 152 Å². The molecule has 0 radical (unpaired) electrons. The predicted octanol–water partition coefficient (Wildman–Crippen LogP) is 4.04. The van der Waals surface area contributed by atoms with Crippen LogP contribution in [0.5, 0.6) is 0 Å². The summed E-state index contributed by atoms with van der Waals surface area (Å²) in [7, 11) is 0. The monoisotopic (exact) mass is 348 g/mol. The van der Waals surface area contributed by atoms with Gasteiger partial charge in [0.15, 0.2) is 17.2 Å². The van der Waals surface area contributed by atoms with Crippen LogP contribution in [0.4, 0.5) is 0 Å². The number of nitrogens with zero attached hydrogens (tertiary/aromatic N) is 1. The van der Waals surface area contributed by atoms with Crippen molar-refractivity contribution in [2.75, 3.05) is 6.54 Å². The van der Waals surface area contributed by atoms with Gasteiger partial charge in [-0.2, -0.15) is 0 Å². The van der Waals surface area contributed by atoms with Crippen LogP contribution in [0.2, 0.25) is 0 Å². The lowest BCUT2D eigenvalue weighted by Gasteiger charge is -2.04. The first kappa shape index (κ1) is 17.6. The highest BCUT2D eigenvalue weighted by molar-refractivity contribution is 5.96. The zero-order valence-electron chi connectivity index (χ0n) is 14.6. The number of hydrogen-bond donors (Lipinski definition) is 1. The summed E-state index contributed by atoms with van der Waals surface area (Å²) in [5, 5.41) is 6.58. The topological polar surface area (TPSA) is 72.2 Å². The second kappa shape index (κ2) is 8.25. The molecule has 132 valence electrons. The van der Waals surface area contributed by atoms with Gasteiger partial charge in [-0.25, -0.2) is 0 Å². The van der Waals surface area contributed by atoms with Gasteiger partial charge in [0.2, 0.25) is 0 Å². The molecule has 5 heteroatoms. The molecular weight excluding hydrogens is 328 g/mol. The fraction of sp³-hybridized carbons (Fsp3) is 0.190. The molecule has 1 aromatic heterocycles. The van der Waals surface area contributed by atoms with Gasteiger partial charge in [0.05, 0.1) is 0 Å². The van der Waals surface area contributed by atoms with Crippen LogP contribution in [0.3, 0.4) is 0 Å². The Morgan fingerprint density at radius 2 is 1.85 bits per heavy atom. The molecule has 2 aromatic carbocycles. The molecule has 0 saturated heterocycles. The van der Waals surface area contributed by atoms with Crippen LogP contribution in [0.1, 0.15) is 39.3 Å². The van der Waals surface area contributed by atoms with E-state index in [0.717, 1.165) is 11.1 Å². The second-order valence-electron chi connectivity index (χ2n) is 6.09. The number of ketones is 1. The SMILES string of the molecule is Cc1cccc(C(=O)CCCNC(=O)c2cc(-c3ccccc3)on2)c1. The summed E-state index contributed by atoms with van der Waals surface area (Å²) in [6, 6.07) is 18.6. The van der Waals surface area contributed by atoms with Crippen LogP contribution in [0, 0.1) is 6.92 Å². The van der Waals surface area contributed by atoms with E-state index < -0.39 is 0 Å². The molecular formula is C21H20N2O3. The smallest absolute Gasteiger partial charge is 0.273 e. The molecule has 0 aliphatic heterocycles. The number of nitrogens with one attached hydrogen (secondary N) is 1. The van der Waals surface area contributed by atoms with Crippen LogP contribution >= 0.6 is 0 Å². The van der Waals surface area contributed by atoms with Gasteiger partial charge in [0.25, 0.3) is 5.91 Å². The lowest BCUT2D eigenvalue weighted by molar-refractivity contribution is 0.0931. The van der Waals surface area contributed by atoms with E-state index in [1.807, 2.05) is 61.5 Å². The molecule has 0 bridgehead atoms. The van der Waals surface area contributed by atoms with Gasteiger partial charge in [-0.1, -0.05) is 59.3 Å². The Hall–Kier alpha value is -3.21. The van der Waals surface area contributed by atoms with Crippen molar-refractivity contribution in [1.82, 2.24) is 10.5 Å². The highest BCUT2D eigenvalue weighted by atomic mass is 16.5.